The summed E-state index contributed by atoms with van der Waals surface area (Å²) in [5.41, 5.74) is 5.90. The Morgan fingerprint density at radius 1 is 1.50 bits per heavy atom. The molecule has 0 saturated carbocycles. The minimum atomic E-state index is 0.0469. The van der Waals surface area contributed by atoms with E-state index >= 15 is 0 Å². The zero-order valence-electron chi connectivity index (χ0n) is 9.25. The van der Waals surface area contributed by atoms with E-state index in [0.717, 1.165) is 19.4 Å². The van der Waals surface area contributed by atoms with Crippen LogP contribution in [-0.4, -0.2) is 30.8 Å². The smallest absolute Gasteiger partial charge is 0.0568 e. The highest BCUT2D eigenvalue weighted by Gasteiger charge is 2.36. The summed E-state index contributed by atoms with van der Waals surface area (Å²) in [6, 6.07) is 0. The first-order valence-electron chi connectivity index (χ1n) is 5.33. The van der Waals surface area contributed by atoms with Gasteiger partial charge in [0.1, 0.15) is 0 Å². The first-order chi connectivity index (χ1) is 6.62. The van der Waals surface area contributed by atoms with Gasteiger partial charge >= 0.3 is 0 Å². The van der Waals surface area contributed by atoms with Crippen LogP contribution in [0.4, 0.5) is 0 Å². The summed E-state index contributed by atoms with van der Waals surface area (Å²) < 4.78 is 5.70. The average Bonchev–Trinajstić information content (AvgIpc) is 2.13. The second-order valence-corrected chi connectivity index (χ2v) is 4.32. The number of ether oxygens (including phenoxy) is 1. The number of nitrogens with two attached hydrogens (primary N) is 1. The summed E-state index contributed by atoms with van der Waals surface area (Å²) in [6.45, 7) is 9.41. The lowest BCUT2D eigenvalue weighted by molar-refractivity contribution is -0.0662. The normalized spacial score (nSPS) is 38.2. The van der Waals surface area contributed by atoms with Crippen LogP contribution < -0.4 is 11.1 Å². The Labute approximate surface area is 86.7 Å². The van der Waals surface area contributed by atoms with Crippen LogP contribution in [0.1, 0.15) is 26.7 Å². The fourth-order valence-electron chi connectivity index (χ4n) is 2.35. The van der Waals surface area contributed by atoms with Gasteiger partial charge in [-0.05, 0) is 26.7 Å². The Hall–Kier alpha value is -0.380. The van der Waals surface area contributed by atoms with Crippen LogP contribution in [-0.2, 0) is 4.74 Å². The van der Waals surface area contributed by atoms with Gasteiger partial charge in [0.15, 0.2) is 0 Å². The van der Waals surface area contributed by atoms with Gasteiger partial charge in [0.2, 0.25) is 0 Å². The second-order valence-electron chi connectivity index (χ2n) is 4.32. The molecule has 2 unspecified atom stereocenters. The quantitative estimate of drug-likeness (QED) is 0.664. The number of rotatable bonds is 4. The van der Waals surface area contributed by atoms with Gasteiger partial charge in [0.25, 0.3) is 0 Å². The fourth-order valence-corrected chi connectivity index (χ4v) is 2.35. The van der Waals surface area contributed by atoms with E-state index in [1.807, 2.05) is 6.08 Å². The predicted molar refractivity (Wildman–Crippen MR) is 59.2 cm³/mol. The molecule has 0 spiro atoms. The lowest BCUT2D eigenvalue weighted by Crippen LogP contribution is -2.57. The number of hydrogen-bond donors (Lipinski definition) is 2. The zero-order valence-corrected chi connectivity index (χ0v) is 9.25. The largest absolute Gasteiger partial charge is 0.375 e. The molecule has 2 atom stereocenters. The molecule has 1 aliphatic rings. The van der Waals surface area contributed by atoms with E-state index in [1.54, 1.807) is 0 Å². The third kappa shape index (κ3) is 2.80. The van der Waals surface area contributed by atoms with E-state index in [-0.39, 0.29) is 5.54 Å². The number of nitrogens with one attached hydrogen (secondary N) is 1. The average molecular weight is 198 g/mol. The number of hydrogen-bond acceptors (Lipinski definition) is 3. The molecule has 3 nitrogen and oxygen atoms in total. The van der Waals surface area contributed by atoms with Crippen molar-refractivity contribution in [2.75, 3.05) is 13.1 Å². The maximum Gasteiger partial charge on any atom is 0.0568 e. The zero-order chi connectivity index (χ0) is 10.6. The summed E-state index contributed by atoms with van der Waals surface area (Å²) in [6.07, 6.45) is 4.44. The molecule has 1 heterocycles. The molecular formula is C11H22N2O. The Morgan fingerprint density at radius 2 is 2.07 bits per heavy atom. The summed E-state index contributed by atoms with van der Waals surface area (Å²) in [4.78, 5) is 0. The molecule has 0 aromatic rings. The first kappa shape index (κ1) is 11.7. The van der Waals surface area contributed by atoms with Crippen LogP contribution >= 0.6 is 0 Å². The molecule has 1 saturated heterocycles. The topological polar surface area (TPSA) is 47.3 Å². The van der Waals surface area contributed by atoms with Gasteiger partial charge in [-0.2, -0.15) is 0 Å². The van der Waals surface area contributed by atoms with E-state index < -0.39 is 0 Å². The van der Waals surface area contributed by atoms with Crippen molar-refractivity contribution in [3.05, 3.63) is 12.7 Å². The minimum absolute atomic E-state index is 0.0469. The third-order valence-corrected chi connectivity index (χ3v) is 2.83. The first-order valence-corrected chi connectivity index (χ1v) is 5.33. The lowest BCUT2D eigenvalue weighted by atomic mass is 9.84. The SMILES string of the molecule is C=CCNC1(CN)CC(C)OC(C)C1. The Balaban J connectivity index is 2.61. The minimum Gasteiger partial charge on any atom is -0.375 e. The van der Waals surface area contributed by atoms with Crippen molar-refractivity contribution in [3.63, 3.8) is 0 Å². The van der Waals surface area contributed by atoms with Crippen molar-refractivity contribution in [1.29, 1.82) is 0 Å². The molecule has 3 heteroatoms. The monoisotopic (exact) mass is 198 g/mol. The Bertz CT molecular complexity index is 184. The molecule has 1 fully saturated rings. The van der Waals surface area contributed by atoms with E-state index in [4.69, 9.17) is 10.5 Å². The summed E-state index contributed by atoms with van der Waals surface area (Å²) in [5.74, 6) is 0. The van der Waals surface area contributed by atoms with Gasteiger partial charge in [-0.15, -0.1) is 6.58 Å². The maximum atomic E-state index is 5.85. The van der Waals surface area contributed by atoms with E-state index in [2.05, 4.69) is 25.7 Å². The summed E-state index contributed by atoms with van der Waals surface area (Å²) >= 11 is 0. The van der Waals surface area contributed by atoms with E-state index in [9.17, 15) is 0 Å². The highest BCUT2D eigenvalue weighted by atomic mass is 16.5. The van der Waals surface area contributed by atoms with Crippen LogP contribution in [0.3, 0.4) is 0 Å². The van der Waals surface area contributed by atoms with Gasteiger partial charge in [0, 0.05) is 18.6 Å². The molecule has 3 N–H and O–H groups in total. The Morgan fingerprint density at radius 3 is 2.50 bits per heavy atom. The third-order valence-electron chi connectivity index (χ3n) is 2.83. The Kier molecular flexibility index (Phi) is 4.11. The molecule has 1 rings (SSSR count). The predicted octanol–water partition coefficient (Wildman–Crippen LogP) is 1.05. The molecule has 82 valence electrons. The van der Waals surface area contributed by atoms with Crippen molar-refractivity contribution in [2.45, 2.75) is 44.4 Å². The molecule has 0 bridgehead atoms. The fraction of sp³-hybridized carbons (Fsp3) is 0.818. The summed E-state index contributed by atoms with van der Waals surface area (Å²) in [5, 5.41) is 3.47. The molecule has 0 amide bonds. The lowest BCUT2D eigenvalue weighted by Gasteiger charge is -2.42. The van der Waals surface area contributed by atoms with Crippen LogP contribution in [0.5, 0.6) is 0 Å². The maximum absolute atomic E-state index is 5.85. The van der Waals surface area contributed by atoms with Gasteiger partial charge < -0.3 is 15.8 Å². The van der Waals surface area contributed by atoms with Crippen molar-refractivity contribution in [3.8, 4) is 0 Å². The van der Waals surface area contributed by atoms with Crippen LogP contribution in [0.2, 0.25) is 0 Å². The molecule has 14 heavy (non-hydrogen) atoms. The van der Waals surface area contributed by atoms with Gasteiger partial charge in [-0.25, -0.2) is 0 Å². The molecule has 1 aliphatic heterocycles. The van der Waals surface area contributed by atoms with Crippen LogP contribution in [0.25, 0.3) is 0 Å². The van der Waals surface area contributed by atoms with Crippen molar-refractivity contribution < 1.29 is 4.74 Å². The van der Waals surface area contributed by atoms with Crippen LogP contribution in [0.15, 0.2) is 12.7 Å². The molecule has 0 radical (unpaired) electrons. The molecule has 0 aromatic heterocycles. The van der Waals surface area contributed by atoms with Gasteiger partial charge in [0.05, 0.1) is 12.2 Å². The standard InChI is InChI=1S/C11H22N2O/c1-4-5-13-11(8-12)6-9(2)14-10(3)7-11/h4,9-10,13H,1,5-8,12H2,2-3H3. The van der Waals surface area contributed by atoms with Gasteiger partial charge in [-0.1, -0.05) is 6.08 Å². The van der Waals surface area contributed by atoms with Crippen molar-refractivity contribution in [2.24, 2.45) is 5.73 Å². The van der Waals surface area contributed by atoms with Gasteiger partial charge in [-0.3, -0.25) is 0 Å². The molecule has 0 aliphatic carbocycles. The highest BCUT2D eigenvalue weighted by molar-refractivity contribution is 4.97. The van der Waals surface area contributed by atoms with Crippen molar-refractivity contribution in [1.82, 2.24) is 5.32 Å². The molecular weight excluding hydrogens is 176 g/mol. The molecule has 0 aromatic carbocycles. The van der Waals surface area contributed by atoms with E-state index in [1.165, 1.54) is 0 Å². The van der Waals surface area contributed by atoms with Crippen LogP contribution in [0, 0.1) is 0 Å². The summed E-state index contributed by atoms with van der Waals surface area (Å²) in [7, 11) is 0. The van der Waals surface area contributed by atoms with E-state index in [0.29, 0.717) is 18.8 Å². The van der Waals surface area contributed by atoms with Crippen molar-refractivity contribution >= 4 is 0 Å². The highest BCUT2D eigenvalue weighted by Crippen LogP contribution is 2.27. The second kappa shape index (κ2) is 4.91.